The number of rotatable bonds is 12. The number of hydrogen-bond donors (Lipinski definition) is 5. The summed E-state index contributed by atoms with van der Waals surface area (Å²) in [6.07, 6.45) is 5.73. The first kappa shape index (κ1) is 23.1. The second-order valence-corrected chi connectivity index (χ2v) is 4.91. The third-order valence-corrected chi connectivity index (χ3v) is 2.75. The van der Waals surface area contributed by atoms with Crippen molar-refractivity contribution >= 4 is 23.8 Å². The van der Waals surface area contributed by atoms with E-state index in [1.807, 2.05) is 0 Å². The highest BCUT2D eigenvalue weighted by Crippen LogP contribution is 2.08. The molecule has 0 aliphatic carbocycles. The summed E-state index contributed by atoms with van der Waals surface area (Å²) in [5.74, 6) is -2.64. The van der Waals surface area contributed by atoms with Gasteiger partial charge in [-0.05, 0) is 12.8 Å². The van der Waals surface area contributed by atoms with E-state index in [1.54, 1.807) is 0 Å². The van der Waals surface area contributed by atoms with Crippen LogP contribution in [0.3, 0.4) is 0 Å². The van der Waals surface area contributed by atoms with Crippen molar-refractivity contribution in [3.05, 3.63) is 0 Å². The molecule has 0 radical (unpaired) electrons. The number of aliphatic carboxylic acids is 2. The van der Waals surface area contributed by atoms with Crippen molar-refractivity contribution in [3.63, 3.8) is 0 Å². The van der Waals surface area contributed by atoms with Crippen molar-refractivity contribution in [3.8, 4) is 0 Å². The van der Waals surface area contributed by atoms with Crippen LogP contribution in [0.2, 0.25) is 0 Å². The molecule has 0 atom stereocenters. The number of nitrogens with two attached hydrogens (primary N) is 1. The van der Waals surface area contributed by atoms with E-state index in [1.165, 1.54) is 5.48 Å². The van der Waals surface area contributed by atoms with Crippen LogP contribution in [0.15, 0.2) is 0 Å². The van der Waals surface area contributed by atoms with Crippen molar-refractivity contribution in [2.45, 2.75) is 64.2 Å². The number of carbonyl (C=O) groups is 4. The predicted octanol–water partition coefficient (Wildman–Crippen LogP) is 1.03. The van der Waals surface area contributed by atoms with Crippen molar-refractivity contribution in [1.29, 1.82) is 0 Å². The number of primary amides is 1. The topological polar surface area (TPSA) is 167 Å². The van der Waals surface area contributed by atoms with Gasteiger partial charge in [-0.3, -0.25) is 24.4 Å². The summed E-state index contributed by atoms with van der Waals surface area (Å²) in [5, 5.41) is 24.6. The molecule has 9 nitrogen and oxygen atoms in total. The number of carboxylic acid groups (broad SMARTS) is 2. The Balaban J connectivity index is 0. The molecule has 23 heavy (non-hydrogen) atoms. The lowest BCUT2D eigenvalue weighted by atomic mass is 10.1. The molecular formula is C14H26N2O7. The number of hydroxylamine groups is 1. The van der Waals surface area contributed by atoms with Crippen molar-refractivity contribution < 1.29 is 34.6 Å². The van der Waals surface area contributed by atoms with E-state index in [4.69, 9.17) is 21.2 Å². The van der Waals surface area contributed by atoms with Gasteiger partial charge >= 0.3 is 11.9 Å². The van der Waals surface area contributed by atoms with Crippen LogP contribution in [0.4, 0.5) is 0 Å². The van der Waals surface area contributed by atoms with Gasteiger partial charge in [-0.2, -0.15) is 0 Å². The van der Waals surface area contributed by atoms with Gasteiger partial charge in [0.25, 0.3) is 0 Å². The number of carbonyl (C=O) groups excluding carboxylic acids is 2. The van der Waals surface area contributed by atoms with Gasteiger partial charge in [-0.15, -0.1) is 0 Å². The molecule has 0 unspecified atom stereocenters. The summed E-state index contributed by atoms with van der Waals surface area (Å²) in [6.45, 7) is 0. The molecule has 9 heteroatoms. The summed E-state index contributed by atoms with van der Waals surface area (Å²) in [4.78, 5) is 40.4. The Hall–Kier alpha value is -2.16. The highest BCUT2D eigenvalue weighted by molar-refractivity contribution is 5.82. The summed E-state index contributed by atoms with van der Waals surface area (Å²) in [5.41, 5.74) is 6.07. The quantitative estimate of drug-likeness (QED) is 0.202. The highest BCUT2D eigenvalue weighted by Gasteiger charge is 2.00. The standard InChI is InChI=1S/C10H18O4.C4H8N2O3/c11-9(12)7-5-3-1-2-4-6-8-10(13)14;5-3(7)1-2-4(8)6-9/h1-8H2,(H,11,12)(H,13,14);9H,1-2H2,(H2,5,7)(H,6,8). The fraction of sp³-hybridized carbons (Fsp3) is 0.714. The first-order valence-electron chi connectivity index (χ1n) is 7.44. The molecule has 2 amide bonds. The Bertz CT molecular complexity index is 352. The van der Waals surface area contributed by atoms with E-state index in [2.05, 4.69) is 0 Å². The van der Waals surface area contributed by atoms with Gasteiger partial charge in [-0.25, -0.2) is 5.48 Å². The van der Waals surface area contributed by atoms with Crippen LogP contribution in [0.1, 0.15) is 64.2 Å². The molecule has 0 spiro atoms. The number of unbranched alkanes of at least 4 members (excludes halogenated alkanes) is 5. The SMILES string of the molecule is NC(=O)CCC(=O)NO.O=C(O)CCCCCCCCC(=O)O. The third kappa shape index (κ3) is 25.2. The van der Waals surface area contributed by atoms with Crippen molar-refractivity contribution in [1.82, 2.24) is 5.48 Å². The fourth-order valence-corrected chi connectivity index (χ4v) is 1.55. The number of nitrogens with one attached hydrogen (secondary N) is 1. The zero-order valence-electron chi connectivity index (χ0n) is 13.1. The lowest BCUT2D eigenvalue weighted by Gasteiger charge is -1.98. The molecule has 0 aromatic rings. The lowest BCUT2D eigenvalue weighted by Crippen LogP contribution is -2.21. The minimum atomic E-state index is -0.740. The summed E-state index contributed by atoms with van der Waals surface area (Å²) >= 11 is 0. The molecule has 0 heterocycles. The first-order chi connectivity index (χ1) is 10.8. The van der Waals surface area contributed by atoms with Crippen LogP contribution in [-0.2, 0) is 19.2 Å². The van der Waals surface area contributed by atoms with Gasteiger partial charge in [-0.1, -0.05) is 25.7 Å². The molecule has 0 aromatic heterocycles. The average molecular weight is 334 g/mol. The van der Waals surface area contributed by atoms with Crippen LogP contribution in [-0.4, -0.2) is 39.2 Å². The van der Waals surface area contributed by atoms with Crippen LogP contribution in [0.5, 0.6) is 0 Å². The van der Waals surface area contributed by atoms with E-state index in [9.17, 15) is 19.2 Å². The van der Waals surface area contributed by atoms with E-state index in [-0.39, 0.29) is 25.7 Å². The Kier molecular flexibility index (Phi) is 16.3. The van der Waals surface area contributed by atoms with E-state index in [0.717, 1.165) is 38.5 Å². The maximum Gasteiger partial charge on any atom is 0.303 e. The molecule has 0 aromatic carbocycles. The first-order valence-corrected chi connectivity index (χ1v) is 7.44. The Labute approximate surface area is 134 Å². The van der Waals surface area contributed by atoms with Crippen LogP contribution in [0, 0.1) is 0 Å². The van der Waals surface area contributed by atoms with Gasteiger partial charge in [0.15, 0.2) is 0 Å². The Morgan fingerprint density at radius 2 is 1.09 bits per heavy atom. The molecule has 6 N–H and O–H groups in total. The van der Waals surface area contributed by atoms with Gasteiger partial charge in [0.1, 0.15) is 0 Å². The number of carboxylic acids is 2. The molecular weight excluding hydrogens is 308 g/mol. The normalized spacial score (nSPS) is 9.43. The van der Waals surface area contributed by atoms with Crippen molar-refractivity contribution in [2.75, 3.05) is 0 Å². The molecule has 0 aliphatic heterocycles. The predicted molar refractivity (Wildman–Crippen MR) is 80.6 cm³/mol. The van der Waals surface area contributed by atoms with Crippen molar-refractivity contribution in [2.24, 2.45) is 5.73 Å². The molecule has 0 rings (SSSR count). The lowest BCUT2D eigenvalue weighted by molar-refractivity contribution is -0.138. The maximum absolute atomic E-state index is 10.1. The summed E-state index contributed by atoms with van der Waals surface area (Å²) in [6, 6.07) is 0. The molecule has 0 saturated heterocycles. The molecule has 0 bridgehead atoms. The Morgan fingerprint density at radius 3 is 1.39 bits per heavy atom. The zero-order chi connectivity index (χ0) is 18.1. The van der Waals surface area contributed by atoms with Crippen LogP contribution in [0.25, 0.3) is 0 Å². The summed E-state index contributed by atoms with van der Waals surface area (Å²) in [7, 11) is 0. The smallest absolute Gasteiger partial charge is 0.303 e. The number of amides is 2. The van der Waals surface area contributed by atoms with Gasteiger partial charge in [0, 0.05) is 25.7 Å². The van der Waals surface area contributed by atoms with Gasteiger partial charge in [0.05, 0.1) is 0 Å². The molecule has 0 saturated carbocycles. The number of hydrogen-bond acceptors (Lipinski definition) is 5. The second-order valence-electron chi connectivity index (χ2n) is 4.91. The summed E-state index contributed by atoms with van der Waals surface area (Å²) < 4.78 is 0. The Morgan fingerprint density at radius 1 is 0.696 bits per heavy atom. The molecule has 134 valence electrons. The highest BCUT2D eigenvalue weighted by atomic mass is 16.5. The maximum atomic E-state index is 10.1. The van der Waals surface area contributed by atoms with Gasteiger partial charge in [0.2, 0.25) is 11.8 Å². The minimum Gasteiger partial charge on any atom is -0.481 e. The zero-order valence-corrected chi connectivity index (χ0v) is 13.1. The van der Waals surface area contributed by atoms with E-state index >= 15 is 0 Å². The average Bonchev–Trinajstić information content (AvgIpc) is 2.47. The largest absolute Gasteiger partial charge is 0.481 e. The third-order valence-electron chi connectivity index (χ3n) is 2.75. The second kappa shape index (κ2) is 16.2. The molecule has 0 fully saturated rings. The molecule has 0 aliphatic rings. The van der Waals surface area contributed by atoms with E-state index < -0.39 is 23.8 Å². The fourth-order valence-electron chi connectivity index (χ4n) is 1.55. The van der Waals surface area contributed by atoms with Crippen LogP contribution >= 0.6 is 0 Å². The minimum absolute atomic E-state index is 0.0353. The van der Waals surface area contributed by atoms with Crippen LogP contribution < -0.4 is 11.2 Å². The van der Waals surface area contributed by atoms with Gasteiger partial charge < -0.3 is 15.9 Å². The van der Waals surface area contributed by atoms with E-state index in [0.29, 0.717) is 0 Å². The monoisotopic (exact) mass is 334 g/mol.